The standard InChI is InChI=1S/C19H28O8/c20-6-2-1-4-19(25,11-7-10(16(21)22)8-13-15(11)27-13)18(17(23)24)5-3-12-14(9-18)26-12/h10-15,20,25H,1-9H2,(H,21,22)(H,23,24). The molecule has 4 rings (SSSR count). The van der Waals surface area contributed by atoms with Gasteiger partial charge in [0.15, 0.2) is 0 Å². The maximum atomic E-state index is 12.5. The minimum atomic E-state index is -1.58. The van der Waals surface area contributed by atoms with Gasteiger partial charge in [-0.25, -0.2) is 0 Å². The third-order valence-corrected chi connectivity index (χ3v) is 7.33. The smallest absolute Gasteiger partial charge is 0.312 e. The molecule has 0 amide bonds. The van der Waals surface area contributed by atoms with Gasteiger partial charge in [-0.1, -0.05) is 0 Å². The highest BCUT2D eigenvalue weighted by Crippen LogP contribution is 2.60. The molecule has 27 heavy (non-hydrogen) atoms. The van der Waals surface area contributed by atoms with Crippen LogP contribution >= 0.6 is 0 Å². The molecule has 0 aromatic rings. The highest BCUT2D eigenvalue weighted by atomic mass is 16.6. The highest BCUT2D eigenvalue weighted by molar-refractivity contribution is 5.77. The molecule has 2 aliphatic carbocycles. The summed E-state index contributed by atoms with van der Waals surface area (Å²) in [6.45, 7) is -0.0328. The van der Waals surface area contributed by atoms with Crippen LogP contribution in [0, 0.1) is 17.3 Å². The Morgan fingerprint density at radius 1 is 1.07 bits per heavy atom. The number of ether oxygens (including phenoxy) is 2. The van der Waals surface area contributed by atoms with Crippen molar-refractivity contribution in [1.82, 2.24) is 0 Å². The Morgan fingerprint density at radius 2 is 1.85 bits per heavy atom. The van der Waals surface area contributed by atoms with E-state index in [1.54, 1.807) is 0 Å². The van der Waals surface area contributed by atoms with E-state index in [0.717, 1.165) is 0 Å². The summed E-state index contributed by atoms with van der Waals surface area (Å²) in [5, 5.41) is 40.8. The highest BCUT2D eigenvalue weighted by Gasteiger charge is 2.69. The first-order chi connectivity index (χ1) is 12.8. The predicted molar refractivity (Wildman–Crippen MR) is 91.0 cm³/mol. The Balaban J connectivity index is 1.68. The lowest BCUT2D eigenvalue weighted by atomic mass is 9.54. The van der Waals surface area contributed by atoms with Crippen molar-refractivity contribution in [3.63, 3.8) is 0 Å². The van der Waals surface area contributed by atoms with Crippen molar-refractivity contribution in [3.8, 4) is 0 Å². The van der Waals surface area contributed by atoms with Gasteiger partial charge in [0.05, 0.1) is 41.3 Å². The molecule has 4 aliphatic rings. The molecule has 2 aliphatic heterocycles. The van der Waals surface area contributed by atoms with Crippen LogP contribution in [0.25, 0.3) is 0 Å². The van der Waals surface area contributed by atoms with Crippen molar-refractivity contribution >= 4 is 11.9 Å². The van der Waals surface area contributed by atoms with Gasteiger partial charge in [-0.3, -0.25) is 9.59 Å². The number of carbonyl (C=O) groups is 2. The Kier molecular flexibility index (Phi) is 4.73. The van der Waals surface area contributed by atoms with Gasteiger partial charge in [-0.2, -0.15) is 0 Å². The number of aliphatic carboxylic acids is 2. The van der Waals surface area contributed by atoms with Crippen molar-refractivity contribution in [2.45, 2.75) is 81.4 Å². The van der Waals surface area contributed by atoms with Gasteiger partial charge >= 0.3 is 11.9 Å². The maximum Gasteiger partial charge on any atom is 0.312 e. The van der Waals surface area contributed by atoms with Crippen molar-refractivity contribution in [2.24, 2.45) is 17.3 Å². The molecule has 2 saturated carbocycles. The van der Waals surface area contributed by atoms with E-state index in [2.05, 4.69) is 0 Å². The third kappa shape index (κ3) is 3.06. The van der Waals surface area contributed by atoms with E-state index in [1.165, 1.54) is 0 Å². The van der Waals surface area contributed by atoms with Crippen molar-refractivity contribution in [2.75, 3.05) is 6.61 Å². The largest absolute Gasteiger partial charge is 0.481 e. The van der Waals surface area contributed by atoms with Crippen LogP contribution in [-0.4, -0.2) is 69.0 Å². The number of fused-ring (bicyclic) bond motifs is 2. The van der Waals surface area contributed by atoms with E-state index in [4.69, 9.17) is 14.6 Å². The van der Waals surface area contributed by atoms with E-state index in [0.29, 0.717) is 32.1 Å². The van der Waals surface area contributed by atoms with Crippen LogP contribution in [0.5, 0.6) is 0 Å². The van der Waals surface area contributed by atoms with Gasteiger partial charge in [0.25, 0.3) is 0 Å². The lowest BCUT2D eigenvalue weighted by Crippen LogP contribution is -2.61. The number of epoxide rings is 2. The van der Waals surface area contributed by atoms with Crippen molar-refractivity contribution in [1.29, 1.82) is 0 Å². The van der Waals surface area contributed by atoms with E-state index in [-0.39, 0.29) is 50.3 Å². The molecule has 4 N–H and O–H groups in total. The van der Waals surface area contributed by atoms with E-state index in [9.17, 15) is 24.9 Å². The minimum Gasteiger partial charge on any atom is -0.481 e. The van der Waals surface area contributed by atoms with Crippen LogP contribution in [0.4, 0.5) is 0 Å². The summed E-state index contributed by atoms with van der Waals surface area (Å²) in [5.41, 5.74) is -2.96. The number of aliphatic hydroxyl groups is 2. The summed E-state index contributed by atoms with van der Waals surface area (Å²) in [6, 6.07) is 0. The van der Waals surface area contributed by atoms with Crippen LogP contribution in [0.2, 0.25) is 0 Å². The zero-order valence-corrected chi connectivity index (χ0v) is 15.2. The zero-order valence-electron chi connectivity index (χ0n) is 15.2. The Labute approximate surface area is 157 Å². The molecule has 2 heterocycles. The molecule has 152 valence electrons. The molecule has 8 unspecified atom stereocenters. The van der Waals surface area contributed by atoms with Crippen molar-refractivity contribution < 1.29 is 39.5 Å². The summed E-state index contributed by atoms with van der Waals surface area (Å²) < 4.78 is 11.2. The first kappa shape index (κ1) is 19.1. The lowest BCUT2D eigenvalue weighted by Gasteiger charge is -2.51. The second-order valence-corrected chi connectivity index (χ2v) is 8.70. The van der Waals surface area contributed by atoms with Gasteiger partial charge in [0.2, 0.25) is 0 Å². The number of unbranched alkanes of at least 4 members (excludes halogenated alkanes) is 1. The first-order valence-electron chi connectivity index (χ1n) is 9.93. The van der Waals surface area contributed by atoms with E-state index >= 15 is 0 Å². The Morgan fingerprint density at radius 3 is 2.48 bits per heavy atom. The molecule has 4 fully saturated rings. The van der Waals surface area contributed by atoms with Gasteiger partial charge in [0, 0.05) is 12.5 Å². The van der Waals surface area contributed by atoms with Crippen molar-refractivity contribution in [3.05, 3.63) is 0 Å². The molecule has 0 spiro atoms. The normalized spacial score (nSPS) is 44.5. The summed E-state index contributed by atoms with van der Waals surface area (Å²) >= 11 is 0. The zero-order chi connectivity index (χ0) is 19.4. The molecule has 8 atom stereocenters. The van der Waals surface area contributed by atoms with Gasteiger partial charge < -0.3 is 29.9 Å². The fourth-order valence-electron chi connectivity index (χ4n) is 5.69. The number of carboxylic acid groups (broad SMARTS) is 2. The quantitative estimate of drug-likeness (QED) is 0.355. The number of hydrogen-bond acceptors (Lipinski definition) is 6. The number of rotatable bonds is 8. The maximum absolute atomic E-state index is 12.5. The van der Waals surface area contributed by atoms with E-state index in [1.807, 2.05) is 0 Å². The predicted octanol–water partition coefficient (Wildman–Crippen LogP) is 0.781. The summed E-state index contributed by atoms with van der Waals surface area (Å²) in [6.07, 6.45) is 2.36. The SMILES string of the molecule is O=C(O)C1CC2OC2C(C(O)(CCCCO)C2(C(=O)O)CCC3OC3C2)C1. The molecule has 0 aromatic heterocycles. The fraction of sp³-hybridized carbons (Fsp3) is 0.895. The number of aliphatic hydroxyl groups excluding tert-OH is 1. The molecule has 8 nitrogen and oxygen atoms in total. The Hall–Kier alpha value is -1.22. The molecular formula is C19H28O8. The van der Waals surface area contributed by atoms with Crippen LogP contribution in [0.3, 0.4) is 0 Å². The third-order valence-electron chi connectivity index (χ3n) is 7.33. The Bertz CT molecular complexity index is 623. The van der Waals surface area contributed by atoms with Crippen LogP contribution < -0.4 is 0 Å². The number of carboxylic acids is 2. The second kappa shape index (κ2) is 6.69. The lowest BCUT2D eigenvalue weighted by molar-refractivity contribution is -0.193. The average molecular weight is 384 g/mol. The average Bonchev–Trinajstić information content (AvgIpc) is 3.53. The summed E-state index contributed by atoms with van der Waals surface area (Å²) in [4.78, 5) is 24.1. The topological polar surface area (TPSA) is 140 Å². The summed E-state index contributed by atoms with van der Waals surface area (Å²) in [5.74, 6) is -3.15. The molecule has 0 aromatic carbocycles. The van der Waals surface area contributed by atoms with E-state index < -0.39 is 34.8 Å². The van der Waals surface area contributed by atoms with Crippen LogP contribution in [0.15, 0.2) is 0 Å². The minimum absolute atomic E-state index is 0.0328. The van der Waals surface area contributed by atoms with Gasteiger partial charge in [-0.15, -0.1) is 0 Å². The fourth-order valence-corrected chi connectivity index (χ4v) is 5.69. The monoisotopic (exact) mass is 384 g/mol. The molecule has 2 saturated heterocycles. The number of hydrogen-bond donors (Lipinski definition) is 4. The first-order valence-corrected chi connectivity index (χ1v) is 9.93. The van der Waals surface area contributed by atoms with Gasteiger partial charge in [-0.05, 0) is 51.4 Å². The van der Waals surface area contributed by atoms with Crippen LogP contribution in [0.1, 0.15) is 51.4 Å². The molecule has 0 radical (unpaired) electrons. The molecule has 8 heteroatoms. The van der Waals surface area contributed by atoms with Gasteiger partial charge in [0.1, 0.15) is 0 Å². The second-order valence-electron chi connectivity index (χ2n) is 8.70. The van der Waals surface area contributed by atoms with Crippen LogP contribution in [-0.2, 0) is 19.1 Å². The molecule has 0 bridgehead atoms. The summed E-state index contributed by atoms with van der Waals surface area (Å²) in [7, 11) is 0. The molecular weight excluding hydrogens is 356 g/mol.